The molecule has 0 aromatic carbocycles. The predicted octanol–water partition coefficient (Wildman–Crippen LogP) is 1.09. The van der Waals surface area contributed by atoms with Crippen molar-refractivity contribution in [2.24, 2.45) is 0 Å². The molecule has 0 atom stereocenters. The van der Waals surface area contributed by atoms with Crippen molar-refractivity contribution in [3.8, 4) is 0 Å². The van der Waals surface area contributed by atoms with Gasteiger partial charge in [0, 0.05) is 13.5 Å². The minimum atomic E-state index is -1.30. The van der Waals surface area contributed by atoms with E-state index in [0.717, 1.165) is 6.42 Å². The van der Waals surface area contributed by atoms with E-state index in [1.165, 1.54) is 6.92 Å². The van der Waals surface area contributed by atoms with Crippen molar-refractivity contribution in [3.63, 3.8) is 0 Å². The topological polar surface area (TPSA) is 35.5 Å². The standard InChI is InChI=1S/C6H13O3Si/c1-4-5-8-10(3)9-6(2)7/h4-5H2,1-3H3. The highest BCUT2D eigenvalue weighted by Gasteiger charge is 2.09. The lowest BCUT2D eigenvalue weighted by molar-refractivity contribution is -0.133. The van der Waals surface area contributed by atoms with Gasteiger partial charge in [-0.15, -0.1) is 0 Å². The van der Waals surface area contributed by atoms with Gasteiger partial charge in [0.15, 0.2) is 0 Å². The minimum Gasteiger partial charge on any atom is -0.492 e. The predicted molar refractivity (Wildman–Crippen MR) is 39.6 cm³/mol. The molecule has 0 fully saturated rings. The molecule has 0 bridgehead atoms. The molecule has 0 N–H and O–H groups in total. The molecule has 4 heteroatoms. The summed E-state index contributed by atoms with van der Waals surface area (Å²) in [5.74, 6) is -0.257. The van der Waals surface area contributed by atoms with Gasteiger partial charge in [-0.2, -0.15) is 0 Å². The summed E-state index contributed by atoms with van der Waals surface area (Å²) >= 11 is 0. The second-order valence-electron chi connectivity index (χ2n) is 1.93. The monoisotopic (exact) mass is 161 g/mol. The molecule has 0 saturated heterocycles. The van der Waals surface area contributed by atoms with Crippen molar-refractivity contribution >= 4 is 15.3 Å². The van der Waals surface area contributed by atoms with E-state index >= 15 is 0 Å². The van der Waals surface area contributed by atoms with Gasteiger partial charge in [-0.1, -0.05) is 6.92 Å². The smallest absolute Gasteiger partial charge is 0.456 e. The quantitative estimate of drug-likeness (QED) is 0.579. The lowest BCUT2D eigenvalue weighted by Gasteiger charge is -2.07. The van der Waals surface area contributed by atoms with Gasteiger partial charge in [0.05, 0.1) is 0 Å². The van der Waals surface area contributed by atoms with Crippen LogP contribution in [0.1, 0.15) is 20.3 Å². The molecule has 3 nitrogen and oxygen atoms in total. The second kappa shape index (κ2) is 5.43. The molecule has 0 aliphatic rings. The summed E-state index contributed by atoms with van der Waals surface area (Å²) in [6, 6.07) is 0. The third-order valence-electron chi connectivity index (χ3n) is 0.797. The van der Waals surface area contributed by atoms with Crippen LogP contribution in [0.15, 0.2) is 0 Å². The zero-order valence-corrected chi connectivity index (χ0v) is 7.64. The maximum atomic E-state index is 10.3. The average Bonchev–Trinajstić information content (AvgIpc) is 1.82. The second-order valence-corrected chi connectivity index (χ2v) is 3.41. The van der Waals surface area contributed by atoms with Gasteiger partial charge in [-0.3, -0.25) is 4.79 Å². The molecule has 0 spiro atoms. The normalized spacial score (nSPS) is 10.0. The Balaban J connectivity index is 3.25. The molecule has 0 saturated carbocycles. The first kappa shape index (κ1) is 9.65. The maximum absolute atomic E-state index is 10.3. The Labute approximate surface area is 63.2 Å². The number of carbonyl (C=O) groups is 1. The zero-order chi connectivity index (χ0) is 7.98. The van der Waals surface area contributed by atoms with Crippen LogP contribution in [-0.2, 0) is 13.6 Å². The average molecular weight is 161 g/mol. The van der Waals surface area contributed by atoms with Crippen LogP contribution in [0.4, 0.5) is 0 Å². The van der Waals surface area contributed by atoms with Gasteiger partial charge in [-0.25, -0.2) is 0 Å². The molecule has 1 radical (unpaired) electrons. The van der Waals surface area contributed by atoms with Crippen LogP contribution in [0.3, 0.4) is 0 Å². The third kappa shape index (κ3) is 5.78. The van der Waals surface area contributed by atoms with Crippen LogP contribution >= 0.6 is 0 Å². The number of hydrogen-bond donors (Lipinski definition) is 0. The van der Waals surface area contributed by atoms with Gasteiger partial charge in [0.1, 0.15) is 0 Å². The summed E-state index contributed by atoms with van der Waals surface area (Å²) in [7, 11) is -1.30. The molecule has 0 aromatic rings. The molecule has 0 aromatic heterocycles. The van der Waals surface area contributed by atoms with Gasteiger partial charge in [0.2, 0.25) is 0 Å². The van der Waals surface area contributed by atoms with Crippen LogP contribution in [0.25, 0.3) is 0 Å². The molecule has 0 rings (SSSR count). The van der Waals surface area contributed by atoms with Gasteiger partial charge >= 0.3 is 9.28 Å². The van der Waals surface area contributed by atoms with E-state index < -0.39 is 9.28 Å². The summed E-state index contributed by atoms with van der Waals surface area (Å²) in [4.78, 5) is 10.3. The van der Waals surface area contributed by atoms with Crippen molar-refractivity contribution in [2.45, 2.75) is 26.8 Å². The van der Waals surface area contributed by atoms with E-state index in [4.69, 9.17) is 8.85 Å². The highest BCUT2D eigenvalue weighted by Crippen LogP contribution is 1.90. The molecule has 59 valence electrons. The van der Waals surface area contributed by atoms with Gasteiger partial charge in [0.25, 0.3) is 5.97 Å². The molecule has 0 aliphatic heterocycles. The Morgan fingerprint density at radius 3 is 2.60 bits per heavy atom. The van der Waals surface area contributed by atoms with Crippen LogP contribution < -0.4 is 0 Å². The molecule has 0 heterocycles. The van der Waals surface area contributed by atoms with Crippen molar-refractivity contribution in [3.05, 3.63) is 0 Å². The first-order chi connectivity index (χ1) is 4.66. The highest BCUT2D eigenvalue weighted by atomic mass is 28.3. The van der Waals surface area contributed by atoms with E-state index in [-0.39, 0.29) is 5.97 Å². The maximum Gasteiger partial charge on any atom is 0.456 e. The summed E-state index contributed by atoms with van der Waals surface area (Å²) < 4.78 is 9.95. The van der Waals surface area contributed by atoms with Gasteiger partial charge < -0.3 is 8.85 Å². The van der Waals surface area contributed by atoms with Crippen LogP contribution in [-0.4, -0.2) is 21.9 Å². The molecule has 0 amide bonds. The fourth-order valence-electron chi connectivity index (χ4n) is 0.478. The summed E-state index contributed by atoms with van der Waals surface area (Å²) in [5.41, 5.74) is 0. The Kier molecular flexibility index (Phi) is 5.24. The largest absolute Gasteiger partial charge is 0.492 e. The molecule has 0 aliphatic carbocycles. The van der Waals surface area contributed by atoms with E-state index in [0.29, 0.717) is 6.61 Å². The van der Waals surface area contributed by atoms with Crippen molar-refractivity contribution in [2.75, 3.05) is 6.61 Å². The number of carbonyl (C=O) groups excluding carboxylic acids is 1. The summed E-state index contributed by atoms with van der Waals surface area (Å²) in [6.45, 7) is 5.90. The van der Waals surface area contributed by atoms with Crippen LogP contribution in [0.2, 0.25) is 6.55 Å². The number of hydrogen-bond acceptors (Lipinski definition) is 3. The van der Waals surface area contributed by atoms with Crippen molar-refractivity contribution < 1.29 is 13.6 Å². The van der Waals surface area contributed by atoms with E-state index in [1.54, 1.807) is 0 Å². The van der Waals surface area contributed by atoms with Crippen molar-refractivity contribution in [1.82, 2.24) is 0 Å². The Hall–Kier alpha value is -0.353. The minimum absolute atomic E-state index is 0.257. The Morgan fingerprint density at radius 1 is 1.60 bits per heavy atom. The van der Waals surface area contributed by atoms with E-state index in [2.05, 4.69) is 0 Å². The molecular weight excluding hydrogens is 148 g/mol. The molecule has 0 unspecified atom stereocenters. The summed E-state index contributed by atoms with van der Waals surface area (Å²) in [5, 5.41) is 0. The Bertz CT molecular complexity index is 105. The summed E-state index contributed by atoms with van der Waals surface area (Å²) in [6.07, 6.45) is 0.962. The molecular formula is C6H13O3Si. The first-order valence-corrected chi connectivity index (χ1v) is 5.13. The van der Waals surface area contributed by atoms with Crippen LogP contribution in [0.5, 0.6) is 0 Å². The van der Waals surface area contributed by atoms with Crippen LogP contribution in [0, 0.1) is 0 Å². The Morgan fingerprint density at radius 2 is 2.20 bits per heavy atom. The third-order valence-corrected chi connectivity index (χ3v) is 1.98. The number of rotatable bonds is 4. The highest BCUT2D eigenvalue weighted by molar-refractivity contribution is 6.44. The van der Waals surface area contributed by atoms with Crippen molar-refractivity contribution in [1.29, 1.82) is 0 Å². The lowest BCUT2D eigenvalue weighted by atomic mass is 10.5. The molecule has 10 heavy (non-hydrogen) atoms. The van der Waals surface area contributed by atoms with Gasteiger partial charge in [-0.05, 0) is 13.0 Å². The van der Waals surface area contributed by atoms with E-state index in [9.17, 15) is 4.79 Å². The first-order valence-electron chi connectivity index (χ1n) is 3.31. The fourth-order valence-corrected chi connectivity index (χ4v) is 1.43. The lowest BCUT2D eigenvalue weighted by Crippen LogP contribution is -2.21. The van der Waals surface area contributed by atoms with E-state index in [1.807, 2.05) is 13.5 Å². The SMILES string of the molecule is CCCO[Si](C)OC(C)=O. The zero-order valence-electron chi connectivity index (χ0n) is 6.64. The fraction of sp³-hybridized carbons (Fsp3) is 0.833.